The van der Waals surface area contributed by atoms with E-state index in [-0.39, 0.29) is 55.1 Å². The maximum Gasteiger partial charge on any atom is 0.251 e. The molecule has 10 heteroatoms. The van der Waals surface area contributed by atoms with Gasteiger partial charge in [0.15, 0.2) is 0 Å². The van der Waals surface area contributed by atoms with Gasteiger partial charge < -0.3 is 29.4 Å². The Morgan fingerprint density at radius 2 is 1.51 bits per heavy atom. The molecule has 47 heavy (non-hydrogen) atoms. The van der Waals surface area contributed by atoms with Gasteiger partial charge in [0.2, 0.25) is 11.8 Å². The molecule has 3 aliphatic rings. The number of likely N-dealkylation sites (tertiary alicyclic amines) is 1. The minimum Gasteiger partial charge on any atom is -0.494 e. The highest BCUT2D eigenvalue weighted by molar-refractivity contribution is 8.02. The van der Waals surface area contributed by atoms with Crippen molar-refractivity contribution in [2.24, 2.45) is 17.8 Å². The van der Waals surface area contributed by atoms with Gasteiger partial charge >= 0.3 is 0 Å². The maximum atomic E-state index is 14.8. The average molecular weight is 661 g/mol. The summed E-state index contributed by atoms with van der Waals surface area (Å²) in [5.41, 5.74) is 2.48. The van der Waals surface area contributed by atoms with Crippen molar-refractivity contribution in [2.45, 2.75) is 50.2 Å². The van der Waals surface area contributed by atoms with E-state index in [1.165, 1.54) is 0 Å². The van der Waals surface area contributed by atoms with E-state index in [0.29, 0.717) is 30.2 Å². The van der Waals surface area contributed by atoms with Gasteiger partial charge in [0, 0.05) is 55.0 Å². The number of thioether (sulfide) groups is 1. The van der Waals surface area contributed by atoms with Crippen molar-refractivity contribution >= 4 is 46.5 Å². The zero-order valence-corrected chi connectivity index (χ0v) is 28.8. The number of benzene rings is 2. The highest BCUT2D eigenvalue weighted by Gasteiger charge is 2.76. The monoisotopic (exact) mass is 660 g/mol. The van der Waals surface area contributed by atoms with Gasteiger partial charge in [-0.05, 0) is 81.6 Å². The Bertz CT molecular complexity index is 1460. The van der Waals surface area contributed by atoms with Crippen molar-refractivity contribution in [2.75, 3.05) is 60.6 Å². The maximum absolute atomic E-state index is 14.8. The number of ether oxygens (including phenoxy) is 1. The van der Waals surface area contributed by atoms with Gasteiger partial charge in [-0.15, -0.1) is 24.9 Å². The Morgan fingerprint density at radius 3 is 2.04 bits per heavy atom. The van der Waals surface area contributed by atoms with E-state index in [1.54, 1.807) is 38.6 Å². The van der Waals surface area contributed by atoms with Crippen molar-refractivity contribution in [3.05, 3.63) is 73.8 Å². The van der Waals surface area contributed by atoms with Crippen LogP contribution in [0.1, 0.15) is 34.1 Å². The number of carbonyl (C=O) groups excluding carboxylic acids is 3. The molecule has 3 heterocycles. The lowest BCUT2D eigenvalue weighted by atomic mass is 9.65. The molecule has 3 unspecified atom stereocenters. The molecule has 1 N–H and O–H groups in total. The van der Waals surface area contributed by atoms with Crippen molar-refractivity contribution in [1.29, 1.82) is 0 Å². The lowest BCUT2D eigenvalue weighted by molar-refractivity contribution is -0.139. The third-order valence-electron chi connectivity index (χ3n) is 10.0. The van der Waals surface area contributed by atoms with Gasteiger partial charge in [0.1, 0.15) is 11.8 Å². The summed E-state index contributed by atoms with van der Waals surface area (Å²) in [6, 6.07) is 14.4. The Kier molecular flexibility index (Phi) is 10.7. The van der Waals surface area contributed by atoms with Crippen LogP contribution in [0.25, 0.3) is 0 Å². The lowest BCUT2D eigenvalue weighted by Gasteiger charge is -2.41. The largest absolute Gasteiger partial charge is 0.494 e. The molecule has 2 aromatic rings. The normalized spacial score (nSPS) is 25.8. The topological polar surface area (TPSA) is 93.6 Å². The SMILES string of the molecule is C=CCN(C(=O)C1N(CCO)C(=O)[C@@H]2[C@H](C(=O)N(CC=C)c3ccc(OCC)cc3)[C@@H]3CC(C)C12S3)c1ccc(N(CC)CC)cc1. The Labute approximate surface area is 283 Å². The van der Waals surface area contributed by atoms with E-state index < -0.39 is 22.6 Å². The van der Waals surface area contributed by atoms with Crippen LogP contribution in [0.3, 0.4) is 0 Å². The molecule has 1 spiro atoms. The highest BCUT2D eigenvalue weighted by atomic mass is 32.2. The smallest absolute Gasteiger partial charge is 0.251 e. The fraction of sp³-hybridized carbons (Fsp3) is 0.486. The van der Waals surface area contributed by atoms with Crippen molar-refractivity contribution in [1.82, 2.24) is 4.90 Å². The summed E-state index contributed by atoms with van der Waals surface area (Å²) in [6.07, 6.45) is 4.09. The number of rotatable bonds is 15. The second-order valence-electron chi connectivity index (χ2n) is 12.4. The van der Waals surface area contributed by atoms with Crippen LogP contribution in [-0.4, -0.2) is 89.7 Å². The van der Waals surface area contributed by atoms with Gasteiger partial charge in [-0.3, -0.25) is 14.4 Å². The summed E-state index contributed by atoms with van der Waals surface area (Å²) in [5, 5.41) is 10.0. The third-order valence-corrected chi connectivity index (χ3v) is 12.1. The number of hydrogen-bond donors (Lipinski definition) is 1. The molecule has 3 aliphatic heterocycles. The van der Waals surface area contributed by atoms with Gasteiger partial charge in [0.05, 0.1) is 29.8 Å². The molecule has 6 atom stereocenters. The second kappa shape index (κ2) is 14.6. The Morgan fingerprint density at radius 1 is 0.957 bits per heavy atom. The molecular formula is C37H48N4O5S. The summed E-state index contributed by atoms with van der Waals surface area (Å²) in [5.74, 6) is -1.20. The van der Waals surface area contributed by atoms with Crippen molar-refractivity contribution in [3.63, 3.8) is 0 Å². The first kappa shape index (κ1) is 34.6. The molecule has 0 aromatic heterocycles. The van der Waals surface area contributed by atoms with Crippen molar-refractivity contribution < 1.29 is 24.2 Å². The van der Waals surface area contributed by atoms with E-state index in [9.17, 15) is 19.5 Å². The van der Waals surface area contributed by atoms with Gasteiger partial charge in [-0.1, -0.05) is 19.1 Å². The minimum absolute atomic E-state index is 0.00194. The summed E-state index contributed by atoms with van der Waals surface area (Å²) >= 11 is 1.63. The van der Waals surface area contributed by atoms with Gasteiger partial charge in [0.25, 0.3) is 5.91 Å². The summed E-state index contributed by atoms with van der Waals surface area (Å²) in [6.45, 7) is 18.6. The zero-order valence-electron chi connectivity index (χ0n) is 28.0. The number of anilines is 3. The van der Waals surface area contributed by atoms with Crippen LogP contribution in [0.4, 0.5) is 17.1 Å². The molecular weight excluding hydrogens is 612 g/mol. The predicted octanol–water partition coefficient (Wildman–Crippen LogP) is 5.00. The fourth-order valence-corrected chi connectivity index (χ4v) is 10.4. The third kappa shape index (κ3) is 5.95. The number of hydrogen-bond acceptors (Lipinski definition) is 7. The molecule has 5 rings (SSSR count). The van der Waals surface area contributed by atoms with E-state index in [0.717, 1.165) is 18.8 Å². The fourth-order valence-electron chi connectivity index (χ4n) is 7.98. The Hall–Kier alpha value is -3.76. The number of fused-ring (bicyclic) bond motifs is 1. The summed E-state index contributed by atoms with van der Waals surface area (Å²) < 4.78 is 4.79. The molecule has 3 saturated heterocycles. The van der Waals surface area contributed by atoms with Crippen LogP contribution in [-0.2, 0) is 14.4 Å². The second-order valence-corrected chi connectivity index (χ2v) is 13.9. The molecule has 0 radical (unpaired) electrons. The summed E-state index contributed by atoms with van der Waals surface area (Å²) in [4.78, 5) is 51.0. The van der Waals surface area contributed by atoms with E-state index >= 15 is 0 Å². The number of β-amino-alcohol motifs (C(OH)–C–C–N with tert-alkyl or cyclic N) is 1. The average Bonchev–Trinajstić information content (AvgIpc) is 3.67. The molecule has 252 valence electrons. The molecule has 0 aliphatic carbocycles. The van der Waals surface area contributed by atoms with Crippen LogP contribution in [0.5, 0.6) is 5.75 Å². The standard InChI is InChI=1S/C37H48N4O5S/c1-7-20-39(28-16-18-29(19-17-28)46-11-5)34(43)31-30-24-25(6)37(47-30)32(31)35(44)41(22-23-42)33(37)36(45)40(21-8-2)27-14-12-26(13-15-27)38(9-3)10-4/h7-8,12-19,25,30-33,42H,1-2,9-11,20-24H2,3-6H3/t25?,30-,31+,32-,33?,37?/m0/s1. The first-order valence-corrected chi connectivity index (χ1v) is 17.6. The highest BCUT2D eigenvalue weighted by Crippen LogP contribution is 2.69. The number of amides is 3. The van der Waals surface area contributed by atoms with E-state index in [4.69, 9.17) is 4.74 Å². The molecule has 9 nitrogen and oxygen atoms in total. The molecule has 0 saturated carbocycles. The Balaban J connectivity index is 1.52. The van der Waals surface area contributed by atoms with E-state index in [2.05, 4.69) is 38.8 Å². The first-order chi connectivity index (χ1) is 22.7. The number of aliphatic hydroxyl groups is 1. The number of nitrogens with zero attached hydrogens (tertiary/aromatic N) is 4. The molecule has 2 bridgehead atoms. The van der Waals surface area contributed by atoms with Crippen LogP contribution in [0, 0.1) is 17.8 Å². The van der Waals surface area contributed by atoms with Crippen LogP contribution < -0.4 is 19.4 Å². The number of aliphatic hydroxyl groups excluding tert-OH is 1. The van der Waals surface area contributed by atoms with Crippen molar-refractivity contribution in [3.8, 4) is 5.75 Å². The minimum atomic E-state index is -0.837. The quantitative estimate of drug-likeness (QED) is 0.269. The first-order valence-electron chi connectivity index (χ1n) is 16.7. The van der Waals surface area contributed by atoms with E-state index in [1.807, 2.05) is 55.5 Å². The van der Waals surface area contributed by atoms with Gasteiger partial charge in [-0.2, -0.15) is 0 Å². The molecule has 2 aromatic carbocycles. The molecule has 3 fully saturated rings. The van der Waals surface area contributed by atoms with Crippen LogP contribution in [0.15, 0.2) is 73.8 Å². The lowest BCUT2D eigenvalue weighted by Crippen LogP contribution is -2.58. The summed E-state index contributed by atoms with van der Waals surface area (Å²) in [7, 11) is 0. The number of carbonyl (C=O) groups is 3. The zero-order chi connectivity index (χ0) is 33.9. The predicted molar refractivity (Wildman–Crippen MR) is 190 cm³/mol. The van der Waals surface area contributed by atoms with Crippen LogP contribution in [0.2, 0.25) is 0 Å². The van der Waals surface area contributed by atoms with Crippen LogP contribution >= 0.6 is 11.8 Å². The molecule has 3 amide bonds. The van der Waals surface area contributed by atoms with Gasteiger partial charge in [-0.25, -0.2) is 0 Å².